The molecule has 2 rings (SSSR count). The van der Waals surface area contributed by atoms with Crippen LogP contribution in [0.15, 0.2) is 48.5 Å². The lowest BCUT2D eigenvalue weighted by atomic mass is 9.93. The highest BCUT2D eigenvalue weighted by Gasteiger charge is 2.10. The van der Waals surface area contributed by atoms with Crippen LogP contribution in [0, 0.1) is 16.4 Å². The van der Waals surface area contributed by atoms with Gasteiger partial charge in [0.15, 0.2) is 0 Å². The quantitative estimate of drug-likeness (QED) is 0.794. The predicted molar refractivity (Wildman–Crippen MR) is 88.3 cm³/mol. The van der Waals surface area contributed by atoms with Crippen LogP contribution in [0.1, 0.15) is 16.7 Å². The molecule has 0 bridgehead atoms. The van der Waals surface area contributed by atoms with Gasteiger partial charge in [-0.2, -0.15) is 0 Å². The molecule has 0 heterocycles. The van der Waals surface area contributed by atoms with Gasteiger partial charge in [0.2, 0.25) is 0 Å². The van der Waals surface area contributed by atoms with Gasteiger partial charge in [0, 0.05) is 10.2 Å². The van der Waals surface area contributed by atoms with E-state index in [0.29, 0.717) is 5.92 Å². The van der Waals surface area contributed by atoms with E-state index in [1.165, 1.54) is 20.3 Å². The van der Waals surface area contributed by atoms with Gasteiger partial charge in [-0.1, -0.05) is 42.0 Å². The standard InChI is InChI=1S/C17H19IO/c1-13-3-2-4-15(9-13)11-16(12-19)10-14-5-7-17(18)8-6-14/h2-9,16,19H,10-12H2,1H3. The molecule has 0 amide bonds. The van der Waals surface area contributed by atoms with Crippen molar-refractivity contribution in [2.24, 2.45) is 5.92 Å². The van der Waals surface area contributed by atoms with Crippen LogP contribution in [-0.2, 0) is 12.8 Å². The number of aliphatic hydroxyl groups is 1. The van der Waals surface area contributed by atoms with Gasteiger partial charge >= 0.3 is 0 Å². The van der Waals surface area contributed by atoms with Crippen molar-refractivity contribution in [2.45, 2.75) is 19.8 Å². The molecule has 0 radical (unpaired) electrons. The molecule has 2 aromatic rings. The van der Waals surface area contributed by atoms with E-state index in [2.05, 4.69) is 78.0 Å². The summed E-state index contributed by atoms with van der Waals surface area (Å²) >= 11 is 2.31. The van der Waals surface area contributed by atoms with Crippen molar-refractivity contribution >= 4 is 22.6 Å². The number of halogens is 1. The van der Waals surface area contributed by atoms with Crippen molar-refractivity contribution in [1.82, 2.24) is 0 Å². The third-order valence-electron chi connectivity index (χ3n) is 3.30. The van der Waals surface area contributed by atoms with Crippen molar-refractivity contribution < 1.29 is 5.11 Å². The Kier molecular flexibility index (Phi) is 5.40. The molecule has 19 heavy (non-hydrogen) atoms. The molecule has 0 saturated heterocycles. The second-order valence-electron chi connectivity index (χ2n) is 5.07. The van der Waals surface area contributed by atoms with Crippen LogP contribution in [0.4, 0.5) is 0 Å². The summed E-state index contributed by atoms with van der Waals surface area (Å²) in [5.74, 6) is 0.293. The summed E-state index contributed by atoms with van der Waals surface area (Å²) in [7, 11) is 0. The number of hydrogen-bond donors (Lipinski definition) is 1. The van der Waals surface area contributed by atoms with Crippen LogP contribution in [0.5, 0.6) is 0 Å². The van der Waals surface area contributed by atoms with Gasteiger partial charge in [0.05, 0.1) is 0 Å². The van der Waals surface area contributed by atoms with Crippen LogP contribution in [-0.4, -0.2) is 11.7 Å². The molecule has 0 spiro atoms. The number of rotatable bonds is 5. The van der Waals surface area contributed by atoms with Gasteiger partial charge in [-0.3, -0.25) is 0 Å². The molecule has 100 valence electrons. The summed E-state index contributed by atoms with van der Waals surface area (Å²) in [6, 6.07) is 17.1. The van der Waals surface area contributed by atoms with Gasteiger partial charge in [0.25, 0.3) is 0 Å². The van der Waals surface area contributed by atoms with Crippen molar-refractivity contribution in [2.75, 3.05) is 6.61 Å². The highest BCUT2D eigenvalue weighted by molar-refractivity contribution is 14.1. The molecule has 1 unspecified atom stereocenters. The highest BCUT2D eigenvalue weighted by Crippen LogP contribution is 2.16. The zero-order valence-corrected chi connectivity index (χ0v) is 13.3. The van der Waals surface area contributed by atoms with Crippen LogP contribution < -0.4 is 0 Å². The maximum Gasteiger partial charge on any atom is 0.0465 e. The molecule has 0 aromatic heterocycles. The number of benzene rings is 2. The summed E-state index contributed by atoms with van der Waals surface area (Å²) in [5, 5.41) is 9.57. The van der Waals surface area contributed by atoms with Gasteiger partial charge in [-0.25, -0.2) is 0 Å². The summed E-state index contributed by atoms with van der Waals surface area (Å²) in [6.07, 6.45) is 1.87. The zero-order valence-electron chi connectivity index (χ0n) is 11.1. The Hall–Kier alpha value is -0.870. The first-order valence-electron chi connectivity index (χ1n) is 6.58. The van der Waals surface area contributed by atoms with E-state index in [9.17, 15) is 5.11 Å². The minimum atomic E-state index is 0.236. The van der Waals surface area contributed by atoms with Crippen molar-refractivity contribution in [1.29, 1.82) is 0 Å². The summed E-state index contributed by atoms with van der Waals surface area (Å²) < 4.78 is 1.25. The molecular weight excluding hydrogens is 347 g/mol. The third kappa shape index (κ3) is 4.62. The fraction of sp³-hybridized carbons (Fsp3) is 0.294. The van der Waals surface area contributed by atoms with Gasteiger partial charge in [0.1, 0.15) is 0 Å². The zero-order chi connectivity index (χ0) is 13.7. The molecule has 0 aliphatic rings. The number of aryl methyl sites for hydroxylation is 1. The van der Waals surface area contributed by atoms with E-state index in [-0.39, 0.29) is 6.61 Å². The molecule has 2 aromatic carbocycles. The second-order valence-corrected chi connectivity index (χ2v) is 6.32. The lowest BCUT2D eigenvalue weighted by Gasteiger charge is -2.15. The Labute approximate surface area is 128 Å². The van der Waals surface area contributed by atoms with Crippen LogP contribution in [0.25, 0.3) is 0 Å². The fourth-order valence-corrected chi connectivity index (χ4v) is 2.69. The Morgan fingerprint density at radius 3 is 2.32 bits per heavy atom. The Balaban J connectivity index is 2.02. The largest absolute Gasteiger partial charge is 0.396 e. The highest BCUT2D eigenvalue weighted by atomic mass is 127. The minimum Gasteiger partial charge on any atom is -0.396 e. The first-order chi connectivity index (χ1) is 9.17. The van der Waals surface area contributed by atoms with E-state index >= 15 is 0 Å². The molecule has 0 fully saturated rings. The Morgan fingerprint density at radius 2 is 1.68 bits per heavy atom. The molecule has 1 nitrogen and oxygen atoms in total. The SMILES string of the molecule is Cc1cccc(CC(CO)Cc2ccc(I)cc2)c1. The lowest BCUT2D eigenvalue weighted by Crippen LogP contribution is -2.13. The summed E-state index contributed by atoms with van der Waals surface area (Å²) in [4.78, 5) is 0. The van der Waals surface area contributed by atoms with Crippen molar-refractivity contribution in [3.8, 4) is 0 Å². The maximum atomic E-state index is 9.57. The first kappa shape index (κ1) is 14.5. The molecule has 0 aliphatic heterocycles. The first-order valence-corrected chi connectivity index (χ1v) is 7.66. The molecular formula is C17H19IO. The average Bonchev–Trinajstić information content (AvgIpc) is 2.40. The predicted octanol–water partition coefficient (Wildman–Crippen LogP) is 3.99. The van der Waals surface area contributed by atoms with Crippen LogP contribution >= 0.6 is 22.6 Å². The fourth-order valence-electron chi connectivity index (χ4n) is 2.33. The molecule has 0 aliphatic carbocycles. The van der Waals surface area contributed by atoms with E-state index in [0.717, 1.165) is 12.8 Å². The molecule has 2 heteroatoms. The smallest absolute Gasteiger partial charge is 0.0465 e. The Morgan fingerprint density at radius 1 is 1.00 bits per heavy atom. The van der Waals surface area contributed by atoms with Crippen molar-refractivity contribution in [3.05, 3.63) is 68.8 Å². The van der Waals surface area contributed by atoms with Crippen molar-refractivity contribution in [3.63, 3.8) is 0 Å². The van der Waals surface area contributed by atoms with E-state index < -0.39 is 0 Å². The van der Waals surface area contributed by atoms with E-state index in [4.69, 9.17) is 0 Å². The molecule has 1 N–H and O–H groups in total. The topological polar surface area (TPSA) is 20.2 Å². The summed E-state index contributed by atoms with van der Waals surface area (Å²) in [5.41, 5.74) is 3.89. The lowest BCUT2D eigenvalue weighted by molar-refractivity contribution is 0.225. The van der Waals surface area contributed by atoms with E-state index in [1.807, 2.05) is 0 Å². The van der Waals surface area contributed by atoms with Gasteiger partial charge in [-0.05, 0) is 71.5 Å². The average molecular weight is 366 g/mol. The molecule has 1 atom stereocenters. The monoisotopic (exact) mass is 366 g/mol. The van der Waals surface area contributed by atoms with E-state index in [1.54, 1.807) is 0 Å². The normalized spacial score (nSPS) is 12.4. The third-order valence-corrected chi connectivity index (χ3v) is 4.02. The maximum absolute atomic E-state index is 9.57. The van der Waals surface area contributed by atoms with Crippen LogP contribution in [0.3, 0.4) is 0 Å². The molecule has 0 saturated carbocycles. The number of hydrogen-bond acceptors (Lipinski definition) is 1. The second kappa shape index (κ2) is 7.06. The minimum absolute atomic E-state index is 0.236. The number of aliphatic hydroxyl groups excluding tert-OH is 1. The summed E-state index contributed by atoms with van der Waals surface area (Å²) in [6.45, 7) is 2.34. The van der Waals surface area contributed by atoms with Gasteiger partial charge < -0.3 is 5.11 Å². The van der Waals surface area contributed by atoms with Gasteiger partial charge in [-0.15, -0.1) is 0 Å². The Bertz CT molecular complexity index is 519. The van der Waals surface area contributed by atoms with Crippen LogP contribution in [0.2, 0.25) is 0 Å².